The third kappa shape index (κ3) is 3.82. The van der Waals surface area contributed by atoms with E-state index in [1.54, 1.807) is 0 Å². The first-order chi connectivity index (χ1) is 7.27. The van der Waals surface area contributed by atoms with Gasteiger partial charge in [0.2, 0.25) is 5.91 Å². The Bertz CT molecular complexity index is 226. The fraction of sp³-hybridized carbons (Fsp3) is 0.917. The molecule has 2 saturated carbocycles. The molecule has 3 nitrogen and oxygen atoms in total. The molecule has 2 aliphatic rings. The van der Waals surface area contributed by atoms with Crippen molar-refractivity contribution >= 4 is 5.91 Å². The van der Waals surface area contributed by atoms with Crippen molar-refractivity contribution in [2.75, 3.05) is 19.8 Å². The number of nitrogens with one attached hydrogen (secondary N) is 1. The highest BCUT2D eigenvalue weighted by atomic mass is 16.5. The van der Waals surface area contributed by atoms with Gasteiger partial charge in [-0.15, -0.1) is 0 Å². The molecule has 2 aliphatic carbocycles. The van der Waals surface area contributed by atoms with Gasteiger partial charge in [0.1, 0.15) is 0 Å². The molecule has 86 valence electrons. The van der Waals surface area contributed by atoms with Crippen LogP contribution >= 0.6 is 0 Å². The summed E-state index contributed by atoms with van der Waals surface area (Å²) in [4.78, 5) is 11.4. The predicted molar refractivity (Wildman–Crippen MR) is 58.4 cm³/mol. The quantitative estimate of drug-likeness (QED) is 0.649. The van der Waals surface area contributed by atoms with Crippen LogP contribution in [0.2, 0.25) is 0 Å². The van der Waals surface area contributed by atoms with E-state index in [1.807, 2.05) is 0 Å². The molecule has 0 heterocycles. The number of hydrogen-bond acceptors (Lipinski definition) is 2. The van der Waals surface area contributed by atoms with Gasteiger partial charge in [0.05, 0.1) is 0 Å². The van der Waals surface area contributed by atoms with Gasteiger partial charge in [-0.05, 0) is 37.5 Å². The molecular weight excluding hydrogens is 190 g/mol. The Kier molecular flexibility index (Phi) is 3.62. The van der Waals surface area contributed by atoms with Gasteiger partial charge in [0.15, 0.2) is 0 Å². The molecule has 2 unspecified atom stereocenters. The van der Waals surface area contributed by atoms with E-state index < -0.39 is 0 Å². The van der Waals surface area contributed by atoms with Crippen LogP contribution < -0.4 is 5.32 Å². The van der Waals surface area contributed by atoms with E-state index in [0.717, 1.165) is 38.5 Å². The Morgan fingerprint density at radius 1 is 1.47 bits per heavy atom. The first-order valence-corrected chi connectivity index (χ1v) is 6.13. The Balaban J connectivity index is 1.39. The Hall–Kier alpha value is -0.570. The number of carbonyl (C=O) groups is 1. The van der Waals surface area contributed by atoms with Crippen LogP contribution in [0, 0.1) is 17.8 Å². The van der Waals surface area contributed by atoms with Gasteiger partial charge in [0, 0.05) is 25.7 Å². The van der Waals surface area contributed by atoms with Crippen molar-refractivity contribution in [2.24, 2.45) is 17.8 Å². The molecule has 1 amide bonds. The summed E-state index contributed by atoms with van der Waals surface area (Å²) in [5, 5.41) is 2.96. The van der Waals surface area contributed by atoms with Crippen molar-refractivity contribution in [3.8, 4) is 0 Å². The molecule has 0 radical (unpaired) electrons. The SMILES string of the molecule is CC1CC1C(=O)NCCCOCC1CC1. The van der Waals surface area contributed by atoms with Crippen molar-refractivity contribution < 1.29 is 9.53 Å². The molecule has 0 spiro atoms. The summed E-state index contributed by atoms with van der Waals surface area (Å²) in [5.41, 5.74) is 0. The van der Waals surface area contributed by atoms with Crippen LogP contribution in [-0.2, 0) is 9.53 Å². The third-order valence-electron chi connectivity index (χ3n) is 3.26. The van der Waals surface area contributed by atoms with Crippen molar-refractivity contribution in [1.29, 1.82) is 0 Å². The normalized spacial score (nSPS) is 28.9. The number of carbonyl (C=O) groups excluding carboxylic acids is 1. The van der Waals surface area contributed by atoms with E-state index in [9.17, 15) is 4.79 Å². The molecule has 2 fully saturated rings. The maximum Gasteiger partial charge on any atom is 0.223 e. The fourth-order valence-corrected chi connectivity index (χ4v) is 1.74. The molecule has 0 aromatic carbocycles. The molecule has 3 heteroatoms. The van der Waals surface area contributed by atoms with Crippen molar-refractivity contribution in [3.63, 3.8) is 0 Å². The van der Waals surface area contributed by atoms with Gasteiger partial charge in [-0.2, -0.15) is 0 Å². The van der Waals surface area contributed by atoms with Crippen LogP contribution in [0.15, 0.2) is 0 Å². The van der Waals surface area contributed by atoms with Gasteiger partial charge in [-0.3, -0.25) is 4.79 Å². The second kappa shape index (κ2) is 4.97. The number of hydrogen-bond donors (Lipinski definition) is 1. The summed E-state index contributed by atoms with van der Waals surface area (Å²) in [5.74, 6) is 1.99. The topological polar surface area (TPSA) is 38.3 Å². The minimum Gasteiger partial charge on any atom is -0.381 e. The zero-order valence-electron chi connectivity index (χ0n) is 9.50. The second-order valence-electron chi connectivity index (χ2n) is 4.98. The molecule has 15 heavy (non-hydrogen) atoms. The van der Waals surface area contributed by atoms with Gasteiger partial charge in [-0.25, -0.2) is 0 Å². The van der Waals surface area contributed by atoms with E-state index in [4.69, 9.17) is 4.74 Å². The highest BCUT2D eigenvalue weighted by molar-refractivity contribution is 5.81. The first kappa shape index (κ1) is 10.9. The lowest BCUT2D eigenvalue weighted by Crippen LogP contribution is -2.27. The summed E-state index contributed by atoms with van der Waals surface area (Å²) in [6.07, 6.45) is 4.70. The maximum atomic E-state index is 11.4. The first-order valence-electron chi connectivity index (χ1n) is 6.13. The van der Waals surface area contributed by atoms with Gasteiger partial charge in [-0.1, -0.05) is 6.92 Å². The van der Waals surface area contributed by atoms with Gasteiger partial charge in [0.25, 0.3) is 0 Å². The Morgan fingerprint density at radius 3 is 2.80 bits per heavy atom. The Labute approximate surface area is 91.6 Å². The third-order valence-corrected chi connectivity index (χ3v) is 3.26. The van der Waals surface area contributed by atoms with Crippen LogP contribution in [0.3, 0.4) is 0 Å². The van der Waals surface area contributed by atoms with E-state index in [-0.39, 0.29) is 5.91 Å². The molecule has 1 N–H and O–H groups in total. The van der Waals surface area contributed by atoms with E-state index in [0.29, 0.717) is 11.8 Å². The highest BCUT2D eigenvalue weighted by Gasteiger charge is 2.38. The smallest absolute Gasteiger partial charge is 0.223 e. The highest BCUT2D eigenvalue weighted by Crippen LogP contribution is 2.37. The average Bonchev–Trinajstić information content (AvgIpc) is 3.07. The lowest BCUT2D eigenvalue weighted by molar-refractivity contribution is -0.122. The standard InChI is InChI=1S/C12H21NO2/c1-9-7-11(9)12(14)13-5-2-6-15-8-10-3-4-10/h9-11H,2-8H2,1H3,(H,13,14). The molecule has 0 aliphatic heterocycles. The van der Waals surface area contributed by atoms with Crippen molar-refractivity contribution in [1.82, 2.24) is 5.32 Å². The lowest BCUT2D eigenvalue weighted by Gasteiger charge is -2.05. The van der Waals surface area contributed by atoms with Gasteiger partial charge >= 0.3 is 0 Å². The van der Waals surface area contributed by atoms with Crippen LogP contribution in [0.25, 0.3) is 0 Å². The number of amides is 1. The van der Waals surface area contributed by atoms with Crippen LogP contribution in [0.4, 0.5) is 0 Å². The van der Waals surface area contributed by atoms with Gasteiger partial charge < -0.3 is 10.1 Å². The molecule has 2 atom stereocenters. The van der Waals surface area contributed by atoms with Crippen LogP contribution in [0.1, 0.15) is 32.6 Å². The second-order valence-corrected chi connectivity index (χ2v) is 4.98. The molecule has 0 bridgehead atoms. The zero-order valence-corrected chi connectivity index (χ0v) is 9.50. The summed E-state index contributed by atoms with van der Waals surface area (Å²) in [7, 11) is 0. The predicted octanol–water partition coefficient (Wildman–Crippen LogP) is 1.58. The van der Waals surface area contributed by atoms with Crippen molar-refractivity contribution in [3.05, 3.63) is 0 Å². The minimum atomic E-state index is 0.240. The lowest BCUT2D eigenvalue weighted by atomic mass is 10.3. The zero-order chi connectivity index (χ0) is 10.7. The number of ether oxygens (including phenoxy) is 1. The minimum absolute atomic E-state index is 0.240. The summed E-state index contributed by atoms with van der Waals surface area (Å²) >= 11 is 0. The van der Waals surface area contributed by atoms with E-state index in [1.165, 1.54) is 12.8 Å². The fourth-order valence-electron chi connectivity index (χ4n) is 1.74. The van der Waals surface area contributed by atoms with Crippen LogP contribution in [0.5, 0.6) is 0 Å². The van der Waals surface area contributed by atoms with Crippen molar-refractivity contribution in [2.45, 2.75) is 32.6 Å². The summed E-state index contributed by atoms with van der Waals surface area (Å²) in [6.45, 7) is 4.61. The summed E-state index contributed by atoms with van der Waals surface area (Å²) < 4.78 is 5.49. The van der Waals surface area contributed by atoms with E-state index >= 15 is 0 Å². The average molecular weight is 211 g/mol. The molecule has 2 rings (SSSR count). The largest absolute Gasteiger partial charge is 0.381 e. The van der Waals surface area contributed by atoms with Crippen LogP contribution in [-0.4, -0.2) is 25.7 Å². The van der Waals surface area contributed by atoms with E-state index in [2.05, 4.69) is 12.2 Å². The molecule has 0 aromatic rings. The monoisotopic (exact) mass is 211 g/mol. The molecular formula is C12H21NO2. The molecule has 0 saturated heterocycles. The molecule has 0 aromatic heterocycles. The Morgan fingerprint density at radius 2 is 2.20 bits per heavy atom. The summed E-state index contributed by atoms with van der Waals surface area (Å²) in [6, 6.07) is 0. The number of rotatable bonds is 7. The maximum absolute atomic E-state index is 11.4.